The van der Waals surface area contributed by atoms with E-state index in [0.717, 1.165) is 5.23 Å². The van der Waals surface area contributed by atoms with E-state index in [-0.39, 0.29) is 45.4 Å². The van der Waals surface area contributed by atoms with Crippen LogP contribution in [0.1, 0.15) is 6.42 Å². The van der Waals surface area contributed by atoms with E-state index >= 15 is 0 Å². The fourth-order valence-electron chi connectivity index (χ4n) is 0.736. The van der Waals surface area contributed by atoms with Crippen molar-refractivity contribution in [2.24, 2.45) is 0 Å². The minimum absolute atomic E-state index is 0.0621. The average Bonchev–Trinajstić information content (AvgIpc) is 2.27. The Bertz CT molecular complexity index is 157. The Morgan fingerprint density at radius 1 is 1.20 bits per heavy atom. The molecular weight excluding hydrogens is 206 g/mol. The molecule has 0 aromatic heterocycles. The van der Waals surface area contributed by atoms with Crippen LogP contribution in [0.5, 0.6) is 0 Å². The highest BCUT2D eigenvalue weighted by Gasteiger charge is 2.09. The summed E-state index contributed by atoms with van der Waals surface area (Å²) in [6.45, 7) is -0.0136. The van der Waals surface area contributed by atoms with Gasteiger partial charge in [0.15, 0.2) is 0 Å². The smallest absolute Gasteiger partial charge is 0.306 e. The molecule has 0 fully saturated rings. The normalized spacial score (nSPS) is 10.7. The summed E-state index contributed by atoms with van der Waals surface area (Å²) in [5, 5.41) is 18.1. The van der Waals surface area contributed by atoms with Crippen molar-refractivity contribution < 1.29 is 29.4 Å². The number of ether oxygens (including phenoxy) is 1. The van der Waals surface area contributed by atoms with Gasteiger partial charge in [0.05, 0.1) is 46.5 Å². The van der Waals surface area contributed by atoms with Crippen molar-refractivity contribution in [3.8, 4) is 0 Å². The van der Waals surface area contributed by atoms with Gasteiger partial charge in [-0.3, -0.25) is 14.5 Å². The molecule has 0 spiro atoms. The van der Waals surface area contributed by atoms with E-state index in [9.17, 15) is 4.79 Å². The lowest BCUT2D eigenvalue weighted by atomic mass is 10.4. The molecule has 7 nitrogen and oxygen atoms in total. The van der Waals surface area contributed by atoms with Gasteiger partial charge in [-0.2, -0.15) is 0 Å². The van der Waals surface area contributed by atoms with Crippen LogP contribution < -0.4 is 0 Å². The number of nitrogens with zero attached hydrogens (tertiary/aromatic N) is 1. The number of hydrogen-bond donors (Lipinski definition) is 2. The van der Waals surface area contributed by atoms with Gasteiger partial charge in [0, 0.05) is 0 Å². The number of rotatable bonds is 9. The molecule has 0 saturated carbocycles. The van der Waals surface area contributed by atoms with Crippen LogP contribution in [0.4, 0.5) is 0 Å². The van der Waals surface area contributed by atoms with Crippen LogP contribution in [0.3, 0.4) is 0 Å². The van der Waals surface area contributed by atoms with Gasteiger partial charge in [0.1, 0.15) is 0 Å². The Labute approximate surface area is 88.1 Å². The molecule has 0 aromatic carbocycles. The fourth-order valence-corrected chi connectivity index (χ4v) is 0.736. The molecule has 15 heavy (non-hydrogen) atoms. The lowest BCUT2D eigenvalue weighted by Crippen LogP contribution is -2.29. The monoisotopic (exact) mass is 223 g/mol. The van der Waals surface area contributed by atoms with Gasteiger partial charge in [0.2, 0.25) is 0 Å². The number of hydrogen-bond acceptors (Lipinski definition) is 7. The Balaban J connectivity index is 3.72. The molecule has 0 radical (unpaired) electrons. The van der Waals surface area contributed by atoms with Crippen LogP contribution in [0, 0.1) is 0 Å². The second-order valence-corrected chi connectivity index (χ2v) is 2.50. The number of aliphatic hydroxyl groups is 2. The molecule has 7 heteroatoms. The van der Waals surface area contributed by atoms with Gasteiger partial charge in [-0.15, -0.1) is 0 Å². The largest absolute Gasteiger partial charge is 0.469 e. The first kappa shape index (κ1) is 14.3. The second-order valence-electron chi connectivity index (χ2n) is 2.50. The van der Waals surface area contributed by atoms with Crippen molar-refractivity contribution >= 4 is 5.97 Å². The molecular formula is C8H17NO6. The quantitative estimate of drug-likeness (QED) is 0.371. The fraction of sp³-hybridized carbons (Fsp3) is 0.875. The minimum atomic E-state index is -0.389. The lowest BCUT2D eigenvalue weighted by Gasteiger charge is -2.19. The van der Waals surface area contributed by atoms with Crippen molar-refractivity contribution in [2.45, 2.75) is 6.42 Å². The van der Waals surface area contributed by atoms with Gasteiger partial charge in [-0.1, -0.05) is 5.23 Å². The number of aliphatic hydroxyl groups excluding tert-OH is 2. The van der Waals surface area contributed by atoms with Crippen LogP contribution in [0.2, 0.25) is 0 Å². The highest BCUT2D eigenvalue weighted by molar-refractivity contribution is 5.69. The number of esters is 1. The lowest BCUT2D eigenvalue weighted by molar-refractivity contribution is -0.370. The van der Waals surface area contributed by atoms with Crippen molar-refractivity contribution in [1.29, 1.82) is 0 Å². The predicted octanol–water partition coefficient (Wildman–Crippen LogP) is -1.30. The summed E-state index contributed by atoms with van der Waals surface area (Å²) in [5.74, 6) is -0.389. The summed E-state index contributed by atoms with van der Waals surface area (Å²) >= 11 is 0. The van der Waals surface area contributed by atoms with Crippen LogP contribution in [-0.4, -0.2) is 61.5 Å². The van der Waals surface area contributed by atoms with Crippen molar-refractivity contribution in [1.82, 2.24) is 5.23 Å². The third-order valence-electron chi connectivity index (χ3n) is 1.38. The van der Waals surface area contributed by atoms with Crippen LogP contribution in [0.25, 0.3) is 0 Å². The SMILES string of the molecule is COC(=O)CCN(OCCO)OCCO. The molecule has 0 aliphatic rings. The Hall–Kier alpha value is -0.730. The maximum atomic E-state index is 10.8. The summed E-state index contributed by atoms with van der Waals surface area (Å²) in [7, 11) is 1.29. The van der Waals surface area contributed by atoms with Crippen molar-refractivity contribution in [3.05, 3.63) is 0 Å². The van der Waals surface area contributed by atoms with Crippen molar-refractivity contribution in [2.75, 3.05) is 40.1 Å². The summed E-state index contributed by atoms with van der Waals surface area (Å²) < 4.78 is 4.43. The van der Waals surface area contributed by atoms with Gasteiger partial charge in [0.25, 0.3) is 0 Å². The standard InChI is InChI=1S/C8H17NO6/c1-13-8(12)2-3-9(14-6-4-10)15-7-5-11/h10-11H,2-7H2,1H3. The van der Waals surface area contributed by atoms with Gasteiger partial charge < -0.3 is 14.9 Å². The highest BCUT2D eigenvalue weighted by atomic mass is 16.9. The molecule has 0 atom stereocenters. The third-order valence-corrected chi connectivity index (χ3v) is 1.38. The zero-order chi connectivity index (χ0) is 11.5. The zero-order valence-corrected chi connectivity index (χ0v) is 8.72. The number of methoxy groups -OCH3 is 1. The molecule has 0 aromatic rings. The number of hydroxylamine groups is 2. The minimum Gasteiger partial charge on any atom is -0.469 e. The number of carbonyl (C=O) groups excluding carboxylic acids is 1. The van der Waals surface area contributed by atoms with Crippen LogP contribution in [-0.2, 0) is 19.2 Å². The molecule has 90 valence electrons. The molecule has 0 aliphatic carbocycles. The van der Waals surface area contributed by atoms with Gasteiger partial charge in [-0.25, -0.2) is 0 Å². The molecule has 0 heterocycles. The predicted molar refractivity (Wildman–Crippen MR) is 49.4 cm³/mol. The van der Waals surface area contributed by atoms with E-state index in [2.05, 4.69) is 4.74 Å². The average molecular weight is 223 g/mol. The summed E-state index contributed by atoms with van der Waals surface area (Å²) in [4.78, 5) is 20.7. The first-order valence-electron chi connectivity index (χ1n) is 4.56. The highest BCUT2D eigenvalue weighted by Crippen LogP contribution is 1.96. The summed E-state index contributed by atoms with van der Waals surface area (Å²) in [5.41, 5.74) is 0. The third kappa shape index (κ3) is 8.28. The molecule has 0 bridgehead atoms. The molecule has 0 amide bonds. The molecule has 0 unspecified atom stereocenters. The Morgan fingerprint density at radius 3 is 2.13 bits per heavy atom. The van der Waals surface area contributed by atoms with Gasteiger partial charge >= 0.3 is 5.97 Å². The first-order chi connectivity index (χ1) is 7.24. The first-order valence-corrected chi connectivity index (χ1v) is 4.56. The maximum absolute atomic E-state index is 10.8. The van der Waals surface area contributed by atoms with Crippen molar-refractivity contribution in [3.63, 3.8) is 0 Å². The Kier molecular flexibility index (Phi) is 9.33. The topological polar surface area (TPSA) is 88.5 Å². The van der Waals surface area contributed by atoms with E-state index in [1.165, 1.54) is 7.11 Å². The molecule has 0 aliphatic heterocycles. The van der Waals surface area contributed by atoms with E-state index in [1.54, 1.807) is 0 Å². The molecule has 2 N–H and O–H groups in total. The van der Waals surface area contributed by atoms with E-state index in [4.69, 9.17) is 19.9 Å². The zero-order valence-electron chi connectivity index (χ0n) is 8.72. The summed E-state index contributed by atoms with van der Waals surface area (Å²) in [6, 6.07) is 0. The molecule has 0 rings (SSSR count). The van der Waals surface area contributed by atoms with Crippen LogP contribution >= 0.6 is 0 Å². The van der Waals surface area contributed by atoms with Gasteiger partial charge in [-0.05, 0) is 0 Å². The van der Waals surface area contributed by atoms with E-state index < -0.39 is 0 Å². The Morgan fingerprint density at radius 2 is 1.73 bits per heavy atom. The molecule has 0 saturated heterocycles. The van der Waals surface area contributed by atoms with E-state index in [1.807, 2.05) is 0 Å². The van der Waals surface area contributed by atoms with Crippen LogP contribution in [0.15, 0.2) is 0 Å². The summed E-state index contributed by atoms with van der Waals surface area (Å²) in [6.07, 6.45) is 0.105. The van der Waals surface area contributed by atoms with E-state index in [0.29, 0.717) is 0 Å². The second kappa shape index (κ2) is 9.81. The maximum Gasteiger partial charge on any atom is 0.306 e. The number of carbonyl (C=O) groups is 1.